The summed E-state index contributed by atoms with van der Waals surface area (Å²) in [7, 11) is 0. The first-order chi connectivity index (χ1) is 11.0. The van der Waals surface area contributed by atoms with Crippen molar-refractivity contribution in [2.24, 2.45) is 0 Å². The van der Waals surface area contributed by atoms with Gasteiger partial charge < -0.3 is 9.84 Å². The summed E-state index contributed by atoms with van der Waals surface area (Å²) in [6.07, 6.45) is 1.95. The van der Waals surface area contributed by atoms with E-state index < -0.39 is 0 Å². The predicted octanol–water partition coefficient (Wildman–Crippen LogP) is 3.65. The maximum atomic E-state index is 12.7. The number of rotatable bonds is 4. The van der Waals surface area contributed by atoms with E-state index in [-0.39, 0.29) is 28.4 Å². The van der Waals surface area contributed by atoms with Gasteiger partial charge in [-0.25, -0.2) is 0 Å². The summed E-state index contributed by atoms with van der Waals surface area (Å²) in [5.41, 5.74) is 1.72. The van der Waals surface area contributed by atoms with Crippen molar-refractivity contribution in [3.63, 3.8) is 0 Å². The highest BCUT2D eigenvalue weighted by atomic mass is 16.5. The molecule has 0 saturated carbocycles. The van der Waals surface area contributed by atoms with E-state index in [4.69, 9.17) is 4.74 Å². The van der Waals surface area contributed by atoms with E-state index >= 15 is 0 Å². The third-order valence-electron chi connectivity index (χ3n) is 4.06. The first-order valence-corrected chi connectivity index (χ1v) is 7.73. The molecule has 0 aliphatic heterocycles. The number of unbranched alkanes of at least 4 members (excludes halogenated alkanes) is 1. The van der Waals surface area contributed by atoms with Crippen LogP contribution < -0.4 is 4.74 Å². The summed E-state index contributed by atoms with van der Waals surface area (Å²) in [6, 6.07) is 7.96. The molecule has 0 spiro atoms. The highest BCUT2D eigenvalue weighted by Crippen LogP contribution is 2.35. The molecule has 2 aromatic carbocycles. The van der Waals surface area contributed by atoms with Crippen molar-refractivity contribution in [1.82, 2.24) is 0 Å². The zero-order valence-corrected chi connectivity index (χ0v) is 13.2. The molecule has 0 radical (unpaired) electrons. The summed E-state index contributed by atoms with van der Waals surface area (Å²) >= 11 is 0. The summed E-state index contributed by atoms with van der Waals surface area (Å²) in [5, 5.41) is 9.96. The highest BCUT2D eigenvalue weighted by molar-refractivity contribution is 6.29. The number of ketones is 2. The first kappa shape index (κ1) is 15.3. The molecule has 0 aromatic heterocycles. The van der Waals surface area contributed by atoms with Gasteiger partial charge in [0, 0.05) is 16.7 Å². The number of hydrogen-bond acceptors (Lipinski definition) is 4. The van der Waals surface area contributed by atoms with Crippen LogP contribution in [0.2, 0.25) is 0 Å². The van der Waals surface area contributed by atoms with Crippen molar-refractivity contribution >= 4 is 11.6 Å². The predicted molar refractivity (Wildman–Crippen MR) is 86.6 cm³/mol. The van der Waals surface area contributed by atoms with E-state index in [0.717, 1.165) is 12.8 Å². The molecule has 0 bridgehead atoms. The fourth-order valence-corrected chi connectivity index (χ4v) is 2.89. The van der Waals surface area contributed by atoms with Crippen molar-refractivity contribution in [2.75, 3.05) is 6.61 Å². The van der Waals surface area contributed by atoms with Crippen LogP contribution in [0.5, 0.6) is 11.5 Å². The van der Waals surface area contributed by atoms with Gasteiger partial charge in [-0.15, -0.1) is 0 Å². The topological polar surface area (TPSA) is 63.6 Å². The van der Waals surface area contributed by atoms with Gasteiger partial charge in [0.2, 0.25) is 0 Å². The fourth-order valence-electron chi connectivity index (χ4n) is 2.89. The lowest BCUT2D eigenvalue weighted by molar-refractivity contribution is 0.0975. The monoisotopic (exact) mass is 310 g/mol. The van der Waals surface area contributed by atoms with Crippen molar-refractivity contribution in [2.45, 2.75) is 26.7 Å². The SMILES string of the molecule is CCCCOc1cc(C)c2c(c1)C(=O)c1cccc(O)c1C2=O. The molecular weight excluding hydrogens is 292 g/mol. The van der Waals surface area contributed by atoms with Crippen LogP contribution in [0.3, 0.4) is 0 Å². The fraction of sp³-hybridized carbons (Fsp3) is 0.263. The standard InChI is InChI=1S/C19H18O4/c1-3-4-8-23-12-9-11(2)16-14(10-12)18(21)13-6-5-7-15(20)17(13)19(16)22/h5-7,9-10,20H,3-4,8H2,1-2H3. The minimum Gasteiger partial charge on any atom is -0.507 e. The largest absolute Gasteiger partial charge is 0.507 e. The zero-order chi connectivity index (χ0) is 16.6. The Bertz CT molecular complexity index is 805. The van der Waals surface area contributed by atoms with E-state index in [0.29, 0.717) is 29.0 Å². The molecule has 0 fully saturated rings. The van der Waals surface area contributed by atoms with Crippen LogP contribution in [0.4, 0.5) is 0 Å². The van der Waals surface area contributed by atoms with E-state index in [9.17, 15) is 14.7 Å². The second kappa shape index (κ2) is 5.88. The van der Waals surface area contributed by atoms with Crippen LogP contribution in [-0.4, -0.2) is 23.3 Å². The van der Waals surface area contributed by atoms with Crippen molar-refractivity contribution in [3.8, 4) is 11.5 Å². The summed E-state index contributed by atoms with van der Waals surface area (Å²) < 4.78 is 5.68. The smallest absolute Gasteiger partial charge is 0.198 e. The van der Waals surface area contributed by atoms with E-state index in [1.54, 1.807) is 31.2 Å². The van der Waals surface area contributed by atoms with E-state index in [2.05, 4.69) is 6.92 Å². The lowest BCUT2D eigenvalue weighted by atomic mass is 9.81. The molecule has 1 N–H and O–H groups in total. The Morgan fingerprint density at radius 1 is 1.04 bits per heavy atom. The van der Waals surface area contributed by atoms with Gasteiger partial charge in [-0.05, 0) is 37.1 Å². The van der Waals surface area contributed by atoms with Crippen molar-refractivity contribution in [1.29, 1.82) is 0 Å². The number of phenols is 1. The lowest BCUT2D eigenvalue weighted by Crippen LogP contribution is -2.22. The number of benzene rings is 2. The first-order valence-electron chi connectivity index (χ1n) is 7.73. The quantitative estimate of drug-likeness (QED) is 0.747. The van der Waals surface area contributed by atoms with Crippen LogP contribution in [0.1, 0.15) is 57.2 Å². The minimum atomic E-state index is -0.315. The van der Waals surface area contributed by atoms with Gasteiger partial charge in [0.05, 0.1) is 12.2 Å². The molecule has 118 valence electrons. The molecule has 1 aliphatic rings. The third-order valence-corrected chi connectivity index (χ3v) is 4.06. The molecule has 3 rings (SSSR count). The molecule has 0 unspecified atom stereocenters. The number of hydrogen-bond donors (Lipinski definition) is 1. The molecule has 4 heteroatoms. The van der Waals surface area contributed by atoms with Gasteiger partial charge in [0.25, 0.3) is 0 Å². The van der Waals surface area contributed by atoms with Crippen LogP contribution in [0.25, 0.3) is 0 Å². The average molecular weight is 310 g/mol. The molecule has 2 aromatic rings. The van der Waals surface area contributed by atoms with Gasteiger partial charge >= 0.3 is 0 Å². The minimum absolute atomic E-state index is 0.0905. The van der Waals surface area contributed by atoms with Gasteiger partial charge in [-0.2, -0.15) is 0 Å². The van der Waals surface area contributed by atoms with Crippen molar-refractivity contribution < 1.29 is 19.4 Å². The van der Waals surface area contributed by atoms with Gasteiger partial charge in [-0.1, -0.05) is 25.5 Å². The number of fused-ring (bicyclic) bond motifs is 2. The lowest BCUT2D eigenvalue weighted by Gasteiger charge is -2.21. The Labute approximate surface area is 134 Å². The van der Waals surface area contributed by atoms with E-state index in [1.165, 1.54) is 6.07 Å². The number of ether oxygens (including phenoxy) is 1. The van der Waals surface area contributed by atoms with Crippen molar-refractivity contribution in [3.05, 3.63) is 58.1 Å². The van der Waals surface area contributed by atoms with Crippen LogP contribution in [0, 0.1) is 6.92 Å². The van der Waals surface area contributed by atoms with Gasteiger partial charge in [-0.3, -0.25) is 9.59 Å². The summed E-state index contributed by atoms with van der Waals surface area (Å²) in [5.74, 6) is -0.131. The second-order valence-electron chi connectivity index (χ2n) is 5.72. The maximum Gasteiger partial charge on any atom is 0.198 e. The Kier molecular flexibility index (Phi) is 3.90. The molecule has 1 aliphatic carbocycles. The molecular formula is C19H18O4. The Morgan fingerprint density at radius 2 is 1.83 bits per heavy atom. The molecule has 0 saturated heterocycles. The van der Waals surface area contributed by atoms with E-state index in [1.807, 2.05) is 0 Å². The summed E-state index contributed by atoms with van der Waals surface area (Å²) in [4.78, 5) is 25.4. The van der Waals surface area contributed by atoms with Crippen LogP contribution in [0.15, 0.2) is 30.3 Å². The Hall–Kier alpha value is -2.62. The normalized spacial score (nSPS) is 12.8. The molecule has 0 heterocycles. The van der Waals surface area contributed by atoms with Gasteiger partial charge in [0.1, 0.15) is 11.5 Å². The number of carbonyl (C=O) groups is 2. The molecule has 0 atom stereocenters. The number of carbonyl (C=O) groups excluding carboxylic acids is 2. The third kappa shape index (κ3) is 2.50. The van der Waals surface area contributed by atoms with Gasteiger partial charge in [0.15, 0.2) is 11.6 Å². The number of aryl methyl sites for hydroxylation is 1. The van der Waals surface area contributed by atoms with Crippen LogP contribution >= 0.6 is 0 Å². The zero-order valence-electron chi connectivity index (χ0n) is 13.2. The average Bonchev–Trinajstić information content (AvgIpc) is 2.52. The Balaban J connectivity index is 2.10. The second-order valence-corrected chi connectivity index (χ2v) is 5.72. The summed E-state index contributed by atoms with van der Waals surface area (Å²) in [6.45, 7) is 4.43. The number of phenolic OH excluding ortho intramolecular Hbond substituents is 1. The number of aromatic hydroxyl groups is 1. The Morgan fingerprint density at radius 3 is 2.57 bits per heavy atom. The molecule has 4 nitrogen and oxygen atoms in total. The highest BCUT2D eigenvalue weighted by Gasteiger charge is 2.33. The molecule has 0 amide bonds. The van der Waals surface area contributed by atoms with Crippen LogP contribution in [-0.2, 0) is 0 Å². The molecule has 23 heavy (non-hydrogen) atoms. The maximum absolute atomic E-state index is 12.7.